The van der Waals surface area contributed by atoms with Crippen LogP contribution in [-0.4, -0.2) is 43.4 Å². The average molecular weight is 399 g/mol. The van der Waals surface area contributed by atoms with E-state index in [1.165, 1.54) is 34.0 Å². The zero-order valence-electron chi connectivity index (χ0n) is 18.0. The fourth-order valence-corrected chi connectivity index (χ4v) is 5.20. The van der Waals surface area contributed by atoms with E-state index in [4.69, 9.17) is 0 Å². The van der Waals surface area contributed by atoms with Crippen LogP contribution in [0.4, 0.5) is 5.69 Å². The van der Waals surface area contributed by atoms with Gasteiger partial charge < -0.3 is 9.80 Å². The smallest absolute Gasteiger partial charge is 0.173 e. The van der Waals surface area contributed by atoms with E-state index in [2.05, 4.69) is 72.2 Å². The van der Waals surface area contributed by atoms with Crippen molar-refractivity contribution >= 4 is 22.2 Å². The summed E-state index contributed by atoms with van der Waals surface area (Å²) in [4.78, 5) is 18.1. The highest BCUT2D eigenvalue weighted by Gasteiger charge is 2.40. The Morgan fingerprint density at radius 1 is 0.867 bits per heavy atom. The predicted octanol–water partition coefficient (Wildman–Crippen LogP) is 5.07. The molecule has 3 heteroatoms. The highest BCUT2D eigenvalue weighted by Crippen LogP contribution is 2.45. The van der Waals surface area contributed by atoms with E-state index in [0.29, 0.717) is 0 Å². The van der Waals surface area contributed by atoms with Gasteiger partial charge in [0.2, 0.25) is 0 Å². The molecule has 0 N–H and O–H groups in total. The summed E-state index contributed by atoms with van der Waals surface area (Å²) in [5, 5.41) is 2.41. The molecule has 0 unspecified atom stereocenters. The van der Waals surface area contributed by atoms with Gasteiger partial charge in [-0.15, -0.1) is 0 Å². The summed E-state index contributed by atoms with van der Waals surface area (Å²) >= 11 is 0. The fraction of sp³-hybridized carbons (Fsp3) is 0.370. The fourth-order valence-electron chi connectivity index (χ4n) is 5.20. The summed E-state index contributed by atoms with van der Waals surface area (Å²) in [5.41, 5.74) is 4.35. The Hall–Kier alpha value is -2.65. The summed E-state index contributed by atoms with van der Waals surface area (Å²) in [6.45, 7) is 9.56. The van der Waals surface area contributed by atoms with Crippen molar-refractivity contribution in [3.8, 4) is 0 Å². The van der Waals surface area contributed by atoms with Crippen LogP contribution in [0.25, 0.3) is 10.8 Å². The van der Waals surface area contributed by atoms with Crippen LogP contribution in [0.3, 0.4) is 0 Å². The minimum Gasteiger partial charge on any atom is -0.370 e. The van der Waals surface area contributed by atoms with Gasteiger partial charge in [0.05, 0.1) is 5.41 Å². The third kappa shape index (κ3) is 3.22. The minimum absolute atomic E-state index is 0.253. The Morgan fingerprint density at radius 2 is 1.70 bits per heavy atom. The van der Waals surface area contributed by atoms with Gasteiger partial charge in [-0.25, -0.2) is 0 Å². The summed E-state index contributed by atoms with van der Waals surface area (Å²) < 4.78 is 0. The van der Waals surface area contributed by atoms with Gasteiger partial charge in [0.1, 0.15) is 0 Å². The molecule has 0 atom stereocenters. The zero-order valence-corrected chi connectivity index (χ0v) is 18.0. The number of rotatable bonds is 4. The van der Waals surface area contributed by atoms with E-state index in [0.717, 1.165) is 44.7 Å². The lowest BCUT2D eigenvalue weighted by atomic mass is 9.84. The molecule has 1 heterocycles. The first kappa shape index (κ1) is 19.3. The molecular weight excluding hydrogens is 368 g/mol. The second-order valence-electron chi connectivity index (χ2n) is 9.23. The largest absolute Gasteiger partial charge is 0.370 e. The van der Waals surface area contributed by atoms with Gasteiger partial charge in [0.15, 0.2) is 5.78 Å². The maximum Gasteiger partial charge on any atom is 0.173 e. The van der Waals surface area contributed by atoms with Crippen molar-refractivity contribution in [2.75, 3.05) is 37.6 Å². The maximum absolute atomic E-state index is 13.0. The number of Topliss-reactive ketones (excluding diaryl/α,β-unsaturated/α-hetero) is 1. The Kier molecular flexibility index (Phi) is 4.86. The molecule has 0 amide bonds. The first-order valence-corrected chi connectivity index (χ1v) is 11.2. The molecular formula is C27H30N2O. The van der Waals surface area contributed by atoms with Crippen molar-refractivity contribution in [3.63, 3.8) is 0 Å². The highest BCUT2D eigenvalue weighted by atomic mass is 16.1. The molecule has 30 heavy (non-hydrogen) atoms. The average Bonchev–Trinajstić information content (AvgIpc) is 2.93. The van der Waals surface area contributed by atoms with Crippen LogP contribution < -0.4 is 4.90 Å². The van der Waals surface area contributed by atoms with Crippen LogP contribution in [0.5, 0.6) is 0 Å². The van der Waals surface area contributed by atoms with Crippen LogP contribution in [0.1, 0.15) is 41.8 Å². The van der Waals surface area contributed by atoms with Crippen molar-refractivity contribution in [1.29, 1.82) is 0 Å². The number of benzene rings is 3. The third-order valence-corrected chi connectivity index (χ3v) is 6.99. The molecule has 3 nitrogen and oxygen atoms in total. The standard InChI is InChI=1S/C27H30N2O/c1-27(2)23-12-13-24(21-10-6-11-22(25(21)23)26(27)30)29-16-7-15-28(18-19-29)17-14-20-8-4-3-5-9-20/h3-6,8-13H,7,14-19H2,1-2H3. The van der Waals surface area contributed by atoms with Crippen LogP contribution in [0.15, 0.2) is 60.7 Å². The van der Waals surface area contributed by atoms with E-state index in [9.17, 15) is 4.79 Å². The highest BCUT2D eigenvalue weighted by molar-refractivity contribution is 6.21. The number of anilines is 1. The molecule has 3 aromatic carbocycles. The topological polar surface area (TPSA) is 23.6 Å². The Morgan fingerprint density at radius 3 is 2.53 bits per heavy atom. The summed E-state index contributed by atoms with van der Waals surface area (Å²) in [5.74, 6) is 0.253. The summed E-state index contributed by atoms with van der Waals surface area (Å²) in [6.07, 6.45) is 2.28. The first-order valence-electron chi connectivity index (χ1n) is 11.2. The van der Waals surface area contributed by atoms with Gasteiger partial charge in [-0.2, -0.15) is 0 Å². The second kappa shape index (κ2) is 7.55. The van der Waals surface area contributed by atoms with Gasteiger partial charge in [0, 0.05) is 42.8 Å². The molecule has 0 radical (unpaired) electrons. The van der Waals surface area contributed by atoms with Gasteiger partial charge in [-0.3, -0.25) is 4.79 Å². The van der Waals surface area contributed by atoms with E-state index in [1.54, 1.807) is 0 Å². The monoisotopic (exact) mass is 398 g/mol. The predicted molar refractivity (Wildman–Crippen MR) is 125 cm³/mol. The van der Waals surface area contributed by atoms with Crippen molar-refractivity contribution in [1.82, 2.24) is 4.90 Å². The minimum atomic E-state index is -0.423. The molecule has 154 valence electrons. The van der Waals surface area contributed by atoms with Crippen molar-refractivity contribution in [3.05, 3.63) is 77.4 Å². The molecule has 1 fully saturated rings. The van der Waals surface area contributed by atoms with Crippen LogP contribution in [-0.2, 0) is 11.8 Å². The van der Waals surface area contributed by atoms with Crippen LogP contribution >= 0.6 is 0 Å². The lowest BCUT2D eigenvalue weighted by molar-refractivity contribution is 0.0920. The van der Waals surface area contributed by atoms with Crippen molar-refractivity contribution < 1.29 is 4.79 Å². The maximum atomic E-state index is 13.0. The van der Waals surface area contributed by atoms with Crippen molar-refractivity contribution in [2.45, 2.75) is 32.1 Å². The summed E-state index contributed by atoms with van der Waals surface area (Å²) in [6, 6.07) is 21.5. The second-order valence-corrected chi connectivity index (χ2v) is 9.23. The lowest BCUT2D eigenvalue weighted by Crippen LogP contribution is -2.32. The van der Waals surface area contributed by atoms with E-state index < -0.39 is 5.41 Å². The van der Waals surface area contributed by atoms with E-state index >= 15 is 0 Å². The Labute approximate surface area is 179 Å². The molecule has 5 rings (SSSR count). The quantitative estimate of drug-likeness (QED) is 0.613. The van der Waals surface area contributed by atoms with Gasteiger partial charge in [0.25, 0.3) is 0 Å². The molecule has 3 aromatic rings. The zero-order chi connectivity index (χ0) is 20.7. The number of carbonyl (C=O) groups excluding carboxylic acids is 1. The SMILES string of the molecule is CC1(C)C(=O)c2cccc3c(N4CCCN(CCc5ccccc5)CC4)ccc1c23. The number of carbonyl (C=O) groups is 1. The molecule has 2 aliphatic rings. The molecule has 0 saturated carbocycles. The number of hydrogen-bond acceptors (Lipinski definition) is 3. The molecule has 1 aliphatic heterocycles. The van der Waals surface area contributed by atoms with E-state index in [-0.39, 0.29) is 5.78 Å². The Balaban J connectivity index is 1.37. The Bertz CT molecular complexity index is 1090. The molecule has 0 spiro atoms. The number of ketones is 1. The molecule has 1 saturated heterocycles. The van der Waals surface area contributed by atoms with Gasteiger partial charge in [-0.1, -0.05) is 54.6 Å². The number of nitrogens with zero attached hydrogens (tertiary/aromatic N) is 2. The van der Waals surface area contributed by atoms with E-state index in [1.807, 2.05) is 12.1 Å². The van der Waals surface area contributed by atoms with Crippen LogP contribution in [0, 0.1) is 0 Å². The third-order valence-electron chi connectivity index (χ3n) is 6.99. The number of hydrogen-bond donors (Lipinski definition) is 0. The van der Waals surface area contributed by atoms with Crippen LogP contribution in [0.2, 0.25) is 0 Å². The molecule has 0 aromatic heterocycles. The summed E-state index contributed by atoms with van der Waals surface area (Å²) in [7, 11) is 0. The van der Waals surface area contributed by atoms with Crippen molar-refractivity contribution in [2.24, 2.45) is 0 Å². The molecule has 1 aliphatic carbocycles. The molecule has 0 bridgehead atoms. The first-order chi connectivity index (χ1) is 14.6. The normalized spacial score (nSPS) is 18.7. The van der Waals surface area contributed by atoms with Gasteiger partial charge >= 0.3 is 0 Å². The van der Waals surface area contributed by atoms with Gasteiger partial charge in [-0.05, 0) is 55.8 Å². The lowest BCUT2D eigenvalue weighted by Gasteiger charge is -2.26.